The lowest BCUT2D eigenvalue weighted by molar-refractivity contribution is 0.0216. The van der Waals surface area contributed by atoms with Crippen LogP contribution in [0.2, 0.25) is 5.02 Å². The van der Waals surface area contributed by atoms with Crippen LogP contribution in [0.1, 0.15) is 31.4 Å². The maximum atomic E-state index is 9.84. The van der Waals surface area contributed by atoms with Gasteiger partial charge in [0.2, 0.25) is 0 Å². The standard InChI is InChI=1S/C13H18ClNO/c1-9-6-12(16)8-13(15(9)2)10-4-3-5-11(14)7-10/h3-5,7,9,12-13,16H,6,8H2,1-2H3/t9-,12?,13?/m1/s1. The zero-order valence-electron chi connectivity index (χ0n) is 9.73. The van der Waals surface area contributed by atoms with Gasteiger partial charge in [0.15, 0.2) is 0 Å². The normalized spacial score (nSPS) is 31.6. The van der Waals surface area contributed by atoms with Crippen LogP contribution in [0.15, 0.2) is 24.3 Å². The summed E-state index contributed by atoms with van der Waals surface area (Å²) < 4.78 is 0. The molecule has 2 nitrogen and oxygen atoms in total. The summed E-state index contributed by atoms with van der Waals surface area (Å²) in [4.78, 5) is 2.32. The molecular formula is C13H18ClNO. The van der Waals surface area contributed by atoms with E-state index in [1.165, 1.54) is 5.56 Å². The molecule has 0 spiro atoms. The number of hydrogen-bond acceptors (Lipinski definition) is 2. The fourth-order valence-corrected chi connectivity index (χ4v) is 2.67. The van der Waals surface area contributed by atoms with E-state index in [1.54, 1.807) is 0 Å². The minimum absolute atomic E-state index is 0.199. The van der Waals surface area contributed by atoms with Crippen molar-refractivity contribution >= 4 is 11.6 Å². The Kier molecular flexibility index (Phi) is 3.53. The van der Waals surface area contributed by atoms with Gasteiger partial charge in [-0.25, -0.2) is 0 Å². The summed E-state index contributed by atoms with van der Waals surface area (Å²) in [6, 6.07) is 8.61. The fraction of sp³-hybridized carbons (Fsp3) is 0.538. The topological polar surface area (TPSA) is 23.5 Å². The van der Waals surface area contributed by atoms with Gasteiger partial charge in [-0.3, -0.25) is 4.90 Å². The zero-order chi connectivity index (χ0) is 11.7. The van der Waals surface area contributed by atoms with Crippen LogP contribution in [0.25, 0.3) is 0 Å². The van der Waals surface area contributed by atoms with Crippen LogP contribution in [0.3, 0.4) is 0 Å². The Morgan fingerprint density at radius 3 is 2.81 bits per heavy atom. The van der Waals surface area contributed by atoms with Gasteiger partial charge in [0.05, 0.1) is 6.10 Å². The van der Waals surface area contributed by atoms with Crippen LogP contribution < -0.4 is 0 Å². The van der Waals surface area contributed by atoms with Gasteiger partial charge in [0.1, 0.15) is 0 Å². The highest BCUT2D eigenvalue weighted by Crippen LogP contribution is 2.33. The number of halogens is 1. The summed E-state index contributed by atoms with van der Waals surface area (Å²) in [5.74, 6) is 0. The minimum atomic E-state index is -0.199. The highest BCUT2D eigenvalue weighted by molar-refractivity contribution is 6.30. The second kappa shape index (κ2) is 4.74. The van der Waals surface area contributed by atoms with E-state index in [0.29, 0.717) is 6.04 Å². The Bertz CT molecular complexity index is 369. The number of aliphatic hydroxyl groups excluding tert-OH is 1. The summed E-state index contributed by atoms with van der Waals surface area (Å²) >= 11 is 6.00. The molecule has 3 heteroatoms. The number of benzene rings is 1. The lowest BCUT2D eigenvalue weighted by Crippen LogP contribution is -2.42. The molecule has 1 N–H and O–H groups in total. The first-order chi connectivity index (χ1) is 7.58. The molecule has 0 saturated carbocycles. The lowest BCUT2D eigenvalue weighted by Gasteiger charge is -2.40. The Balaban J connectivity index is 2.25. The van der Waals surface area contributed by atoms with Crippen molar-refractivity contribution < 1.29 is 5.11 Å². The van der Waals surface area contributed by atoms with Crippen LogP contribution in [-0.2, 0) is 0 Å². The van der Waals surface area contributed by atoms with Gasteiger partial charge in [-0.1, -0.05) is 23.7 Å². The van der Waals surface area contributed by atoms with E-state index in [2.05, 4.69) is 24.9 Å². The van der Waals surface area contributed by atoms with Crippen LogP contribution >= 0.6 is 11.6 Å². The van der Waals surface area contributed by atoms with E-state index in [9.17, 15) is 5.11 Å². The third-order valence-electron chi connectivity index (χ3n) is 3.53. The Morgan fingerprint density at radius 1 is 1.38 bits per heavy atom. The van der Waals surface area contributed by atoms with E-state index < -0.39 is 0 Å². The van der Waals surface area contributed by atoms with Crippen molar-refractivity contribution in [3.05, 3.63) is 34.9 Å². The minimum Gasteiger partial charge on any atom is -0.393 e. The van der Waals surface area contributed by atoms with Gasteiger partial charge in [-0.15, -0.1) is 0 Å². The molecule has 1 fully saturated rings. The molecule has 2 rings (SSSR count). The number of rotatable bonds is 1. The van der Waals surface area contributed by atoms with Crippen molar-refractivity contribution in [2.45, 2.75) is 38.0 Å². The molecular weight excluding hydrogens is 222 g/mol. The first kappa shape index (κ1) is 11.9. The van der Waals surface area contributed by atoms with Gasteiger partial charge in [-0.2, -0.15) is 0 Å². The van der Waals surface area contributed by atoms with E-state index in [1.807, 2.05) is 18.2 Å². The quantitative estimate of drug-likeness (QED) is 0.815. The highest BCUT2D eigenvalue weighted by atomic mass is 35.5. The predicted octanol–water partition coefficient (Wildman–Crippen LogP) is 2.86. The molecule has 16 heavy (non-hydrogen) atoms. The van der Waals surface area contributed by atoms with Gasteiger partial charge in [0.25, 0.3) is 0 Å². The molecule has 1 saturated heterocycles. The second-order valence-corrected chi connectivity index (χ2v) is 5.15. The number of hydrogen-bond donors (Lipinski definition) is 1. The monoisotopic (exact) mass is 239 g/mol. The van der Waals surface area contributed by atoms with Gasteiger partial charge < -0.3 is 5.11 Å². The maximum Gasteiger partial charge on any atom is 0.0573 e. The van der Waals surface area contributed by atoms with E-state index in [-0.39, 0.29) is 12.1 Å². The largest absolute Gasteiger partial charge is 0.393 e. The third-order valence-corrected chi connectivity index (χ3v) is 3.76. The molecule has 0 aromatic heterocycles. The van der Waals surface area contributed by atoms with E-state index >= 15 is 0 Å². The van der Waals surface area contributed by atoms with Crippen LogP contribution in [0.4, 0.5) is 0 Å². The number of likely N-dealkylation sites (tertiary alicyclic amines) is 1. The molecule has 88 valence electrons. The van der Waals surface area contributed by atoms with E-state index in [0.717, 1.165) is 17.9 Å². The van der Waals surface area contributed by atoms with E-state index in [4.69, 9.17) is 11.6 Å². The predicted molar refractivity (Wildman–Crippen MR) is 66.7 cm³/mol. The lowest BCUT2D eigenvalue weighted by atomic mass is 9.90. The Hall–Kier alpha value is -0.570. The summed E-state index contributed by atoms with van der Waals surface area (Å²) in [6.07, 6.45) is 1.45. The van der Waals surface area contributed by atoms with Crippen molar-refractivity contribution in [3.8, 4) is 0 Å². The summed E-state index contributed by atoms with van der Waals surface area (Å²) in [5, 5.41) is 10.6. The summed E-state index contributed by atoms with van der Waals surface area (Å²) in [7, 11) is 2.11. The van der Waals surface area contributed by atoms with Crippen LogP contribution in [0.5, 0.6) is 0 Å². The maximum absolute atomic E-state index is 9.84. The Labute approximate surface area is 102 Å². The van der Waals surface area contributed by atoms with Gasteiger partial charge in [0, 0.05) is 17.1 Å². The molecule has 0 amide bonds. The molecule has 2 unspecified atom stereocenters. The number of nitrogens with zero attached hydrogens (tertiary/aromatic N) is 1. The first-order valence-electron chi connectivity index (χ1n) is 5.73. The molecule has 1 aromatic carbocycles. The van der Waals surface area contributed by atoms with Gasteiger partial charge >= 0.3 is 0 Å². The molecule has 1 heterocycles. The number of piperidine rings is 1. The molecule has 1 aliphatic heterocycles. The molecule has 3 atom stereocenters. The van der Waals surface area contributed by atoms with Crippen LogP contribution in [-0.4, -0.2) is 29.2 Å². The molecule has 0 aliphatic carbocycles. The molecule has 0 radical (unpaired) electrons. The first-order valence-corrected chi connectivity index (χ1v) is 6.11. The van der Waals surface area contributed by atoms with Crippen LogP contribution in [0, 0.1) is 0 Å². The molecule has 0 bridgehead atoms. The fourth-order valence-electron chi connectivity index (χ4n) is 2.47. The smallest absolute Gasteiger partial charge is 0.0573 e. The summed E-state index contributed by atoms with van der Waals surface area (Å²) in [5.41, 5.74) is 1.20. The Morgan fingerprint density at radius 2 is 2.12 bits per heavy atom. The van der Waals surface area contributed by atoms with Crippen molar-refractivity contribution in [1.29, 1.82) is 0 Å². The molecule has 1 aromatic rings. The highest BCUT2D eigenvalue weighted by Gasteiger charge is 2.30. The van der Waals surface area contributed by atoms with Crippen molar-refractivity contribution in [3.63, 3.8) is 0 Å². The zero-order valence-corrected chi connectivity index (χ0v) is 10.5. The second-order valence-electron chi connectivity index (χ2n) is 4.71. The van der Waals surface area contributed by atoms with Crippen molar-refractivity contribution in [2.75, 3.05) is 7.05 Å². The summed E-state index contributed by atoms with van der Waals surface area (Å²) in [6.45, 7) is 2.15. The SMILES string of the molecule is C[C@@H]1CC(O)CC(c2cccc(Cl)c2)N1C. The average molecular weight is 240 g/mol. The third kappa shape index (κ3) is 2.40. The van der Waals surface area contributed by atoms with Crippen molar-refractivity contribution in [2.24, 2.45) is 0 Å². The molecule has 1 aliphatic rings. The van der Waals surface area contributed by atoms with Crippen molar-refractivity contribution in [1.82, 2.24) is 4.90 Å². The average Bonchev–Trinajstić information content (AvgIpc) is 2.23. The number of aliphatic hydroxyl groups is 1. The van der Waals surface area contributed by atoms with Gasteiger partial charge in [-0.05, 0) is 44.5 Å².